The summed E-state index contributed by atoms with van der Waals surface area (Å²) in [6, 6.07) is 1.59. The molecular weight excluding hydrogens is 320 g/mol. The quantitative estimate of drug-likeness (QED) is 0.492. The number of halogens is 1. The van der Waals surface area contributed by atoms with E-state index in [1.165, 1.54) is 6.20 Å². The van der Waals surface area contributed by atoms with Crippen molar-refractivity contribution >= 4 is 27.4 Å². The Morgan fingerprint density at radius 1 is 1.42 bits per heavy atom. The highest BCUT2D eigenvalue weighted by atomic mass is 79.9. The number of hydrogen-bond acceptors (Lipinski definition) is 8. The minimum Gasteiger partial charge on any atom is -0.432 e. The van der Waals surface area contributed by atoms with Crippen molar-refractivity contribution in [3.05, 3.63) is 39.4 Å². The van der Waals surface area contributed by atoms with Gasteiger partial charge in [0.25, 0.3) is 0 Å². The molecule has 2 aromatic heterocycles. The van der Waals surface area contributed by atoms with Crippen LogP contribution >= 0.6 is 15.9 Å². The number of ether oxygens (including phenoxy) is 1. The van der Waals surface area contributed by atoms with Gasteiger partial charge in [0.1, 0.15) is 12.1 Å². The van der Waals surface area contributed by atoms with Crippen molar-refractivity contribution in [2.45, 2.75) is 0 Å². The fraction of sp³-hybridized carbons (Fsp3) is 0. The molecule has 0 amide bonds. The number of nitrogen functional groups attached to an aromatic ring is 1. The maximum absolute atomic E-state index is 11.0. The predicted octanol–water partition coefficient (Wildman–Crippen LogP) is 1.62. The van der Waals surface area contributed by atoms with E-state index < -0.39 is 10.6 Å². The van der Waals surface area contributed by atoms with Crippen molar-refractivity contribution in [1.82, 2.24) is 15.0 Å². The predicted molar refractivity (Wildman–Crippen MR) is 68.5 cm³/mol. The first-order chi connectivity index (χ1) is 9.11. The summed E-state index contributed by atoms with van der Waals surface area (Å²) in [6.07, 6.45) is 4.04. The van der Waals surface area contributed by atoms with E-state index in [0.29, 0.717) is 10.2 Å². The Morgan fingerprint density at radius 2 is 2.21 bits per heavy atom. The Balaban J connectivity index is 2.42. The second-order valence-electron chi connectivity index (χ2n) is 3.22. The summed E-state index contributed by atoms with van der Waals surface area (Å²) in [6.45, 7) is 0. The molecule has 0 aromatic carbocycles. The lowest BCUT2D eigenvalue weighted by atomic mass is 10.4. The van der Waals surface area contributed by atoms with Gasteiger partial charge in [-0.05, 0) is 22.0 Å². The standard InChI is InChI=1S/C9H7BrN6O3/c10-5-1-6(3-12-2-5)19-9-7(16(17)18)8(15-11)13-4-14-9/h1-4H,11H2,(H,13,14,15). The molecule has 0 unspecified atom stereocenters. The normalized spacial score (nSPS) is 10.0. The molecule has 3 N–H and O–H groups in total. The molecule has 0 spiro atoms. The maximum atomic E-state index is 11.0. The summed E-state index contributed by atoms with van der Waals surface area (Å²) < 4.78 is 5.98. The number of anilines is 1. The van der Waals surface area contributed by atoms with Crippen molar-refractivity contribution in [1.29, 1.82) is 0 Å². The zero-order chi connectivity index (χ0) is 13.8. The van der Waals surface area contributed by atoms with Crippen LogP contribution in [0.3, 0.4) is 0 Å². The average Bonchev–Trinajstić information content (AvgIpc) is 2.38. The summed E-state index contributed by atoms with van der Waals surface area (Å²) >= 11 is 3.21. The molecular formula is C9H7BrN6O3. The topological polar surface area (TPSA) is 129 Å². The van der Waals surface area contributed by atoms with Gasteiger partial charge in [-0.2, -0.15) is 4.98 Å². The van der Waals surface area contributed by atoms with Crippen LogP contribution in [-0.4, -0.2) is 19.9 Å². The van der Waals surface area contributed by atoms with E-state index in [9.17, 15) is 10.1 Å². The van der Waals surface area contributed by atoms with Crippen LogP contribution in [0.2, 0.25) is 0 Å². The van der Waals surface area contributed by atoms with Gasteiger partial charge in [0.2, 0.25) is 5.82 Å². The minimum atomic E-state index is -0.685. The lowest BCUT2D eigenvalue weighted by Crippen LogP contribution is -2.12. The minimum absolute atomic E-state index is 0.141. The average molecular weight is 327 g/mol. The Bertz CT molecular complexity index is 623. The molecule has 0 atom stereocenters. The molecule has 98 valence electrons. The zero-order valence-electron chi connectivity index (χ0n) is 9.28. The number of hydrazine groups is 1. The third kappa shape index (κ3) is 2.92. The summed E-state index contributed by atoms with van der Waals surface area (Å²) in [5, 5.41) is 11.0. The fourth-order valence-electron chi connectivity index (χ4n) is 1.27. The van der Waals surface area contributed by atoms with E-state index in [1.54, 1.807) is 12.3 Å². The molecule has 9 nitrogen and oxygen atoms in total. The smallest absolute Gasteiger partial charge is 0.374 e. The highest BCUT2D eigenvalue weighted by Gasteiger charge is 2.24. The summed E-state index contributed by atoms with van der Waals surface area (Å²) in [7, 11) is 0. The summed E-state index contributed by atoms with van der Waals surface area (Å²) in [5.41, 5.74) is 1.66. The third-order valence-corrected chi connectivity index (χ3v) is 2.44. The second-order valence-corrected chi connectivity index (χ2v) is 4.13. The molecule has 0 aliphatic carbocycles. The lowest BCUT2D eigenvalue weighted by molar-refractivity contribution is -0.385. The Hall–Kier alpha value is -2.33. The first-order valence-electron chi connectivity index (χ1n) is 4.86. The molecule has 0 radical (unpaired) electrons. The summed E-state index contributed by atoms with van der Waals surface area (Å²) in [4.78, 5) is 21.5. The van der Waals surface area contributed by atoms with Crippen LogP contribution in [0.1, 0.15) is 0 Å². The van der Waals surface area contributed by atoms with Crippen LogP contribution in [0.5, 0.6) is 11.6 Å². The van der Waals surface area contributed by atoms with Gasteiger partial charge in [0.05, 0.1) is 11.1 Å². The Morgan fingerprint density at radius 3 is 2.84 bits per heavy atom. The van der Waals surface area contributed by atoms with Crippen LogP contribution in [0.25, 0.3) is 0 Å². The third-order valence-electron chi connectivity index (χ3n) is 2.00. The lowest BCUT2D eigenvalue weighted by Gasteiger charge is -2.06. The maximum Gasteiger partial charge on any atom is 0.374 e. The molecule has 19 heavy (non-hydrogen) atoms. The van der Waals surface area contributed by atoms with Crippen LogP contribution in [0.4, 0.5) is 11.5 Å². The fourth-order valence-corrected chi connectivity index (χ4v) is 1.61. The zero-order valence-corrected chi connectivity index (χ0v) is 10.9. The van der Waals surface area contributed by atoms with Gasteiger partial charge in [-0.15, -0.1) is 0 Å². The molecule has 0 aliphatic rings. The van der Waals surface area contributed by atoms with Crippen LogP contribution in [0.15, 0.2) is 29.3 Å². The van der Waals surface area contributed by atoms with Crippen LogP contribution < -0.4 is 16.0 Å². The van der Waals surface area contributed by atoms with Gasteiger partial charge in [0.15, 0.2) is 0 Å². The van der Waals surface area contributed by atoms with Crippen molar-refractivity contribution in [2.75, 3.05) is 5.43 Å². The number of nitro groups is 1. The van der Waals surface area contributed by atoms with Gasteiger partial charge in [0, 0.05) is 10.7 Å². The molecule has 0 fully saturated rings. The van der Waals surface area contributed by atoms with E-state index in [-0.39, 0.29) is 11.7 Å². The van der Waals surface area contributed by atoms with Crippen molar-refractivity contribution in [3.63, 3.8) is 0 Å². The van der Waals surface area contributed by atoms with Gasteiger partial charge in [-0.3, -0.25) is 15.1 Å². The van der Waals surface area contributed by atoms with E-state index in [0.717, 1.165) is 6.33 Å². The molecule has 0 bridgehead atoms. The van der Waals surface area contributed by atoms with E-state index in [1.807, 2.05) is 0 Å². The van der Waals surface area contributed by atoms with Crippen LogP contribution in [0, 0.1) is 10.1 Å². The molecule has 0 saturated carbocycles. The monoisotopic (exact) mass is 326 g/mol. The number of nitrogens with two attached hydrogens (primary N) is 1. The first kappa shape index (κ1) is 13.1. The number of nitrogens with one attached hydrogen (secondary N) is 1. The number of pyridine rings is 1. The van der Waals surface area contributed by atoms with Gasteiger partial charge < -0.3 is 10.2 Å². The van der Waals surface area contributed by atoms with Crippen LogP contribution in [-0.2, 0) is 0 Å². The number of hydrogen-bond donors (Lipinski definition) is 2. The van der Waals surface area contributed by atoms with E-state index >= 15 is 0 Å². The van der Waals surface area contributed by atoms with Gasteiger partial charge in [-0.25, -0.2) is 10.8 Å². The second kappa shape index (κ2) is 5.54. The van der Waals surface area contributed by atoms with E-state index in [2.05, 4.69) is 36.3 Å². The molecule has 2 heterocycles. The highest BCUT2D eigenvalue weighted by molar-refractivity contribution is 9.10. The van der Waals surface area contributed by atoms with Gasteiger partial charge >= 0.3 is 11.6 Å². The highest BCUT2D eigenvalue weighted by Crippen LogP contribution is 2.33. The number of aromatic nitrogens is 3. The molecule has 0 aliphatic heterocycles. The number of nitrogens with zero attached hydrogens (tertiary/aromatic N) is 4. The van der Waals surface area contributed by atoms with Gasteiger partial charge in [-0.1, -0.05) is 0 Å². The first-order valence-corrected chi connectivity index (χ1v) is 5.65. The Labute approximate surface area is 115 Å². The molecule has 2 aromatic rings. The van der Waals surface area contributed by atoms with Crippen molar-refractivity contribution in [3.8, 4) is 11.6 Å². The molecule has 2 rings (SSSR count). The van der Waals surface area contributed by atoms with Crippen molar-refractivity contribution in [2.24, 2.45) is 5.84 Å². The molecule has 0 saturated heterocycles. The SMILES string of the molecule is NNc1ncnc(Oc2cncc(Br)c2)c1[N+](=O)[O-]. The molecule has 10 heteroatoms. The van der Waals surface area contributed by atoms with Crippen molar-refractivity contribution < 1.29 is 9.66 Å². The summed E-state index contributed by atoms with van der Waals surface area (Å²) in [5.74, 6) is 5.08. The van der Waals surface area contributed by atoms with E-state index in [4.69, 9.17) is 10.6 Å². The largest absolute Gasteiger partial charge is 0.432 e. The Kier molecular flexibility index (Phi) is 3.82. The number of rotatable bonds is 4.